The topological polar surface area (TPSA) is 68.3 Å². The van der Waals surface area contributed by atoms with Crippen LogP contribution < -0.4 is 0 Å². The van der Waals surface area contributed by atoms with Gasteiger partial charge in [0.1, 0.15) is 12.7 Å². The fraction of sp³-hybridized carbons (Fsp3) is 0.956. The number of hydrogen-bond donors (Lipinski definition) is 0. The number of unbranched alkanes of at least 4 members (excludes halogenated alkanes) is 18. The molecule has 7 heteroatoms. The average molecular weight is 739 g/mol. The zero-order valence-electron chi connectivity index (χ0n) is 35.8. The largest absolute Gasteiger partial charge is 0.508 e. The summed E-state index contributed by atoms with van der Waals surface area (Å²) in [5.74, 6) is 0.510. The Balaban J connectivity index is 4.45. The first kappa shape index (κ1) is 50.7. The standard InChI is InChI=1S/C45H90N2O5/c1-7-13-16-18-19-20-21-22-25-29-34-43(52-45(49)50-40-39-47(12-6)38-37-46(10-4)11-5)35-30-26-23-24-27-31-36-44(48)51-41-42(32-15-9-3)33-28-17-14-8-2/h42-43H,7-41H2,1-6H3. The van der Waals surface area contributed by atoms with Crippen molar-refractivity contribution in [2.75, 3.05) is 52.5 Å². The summed E-state index contributed by atoms with van der Waals surface area (Å²) in [6, 6.07) is 0. The van der Waals surface area contributed by atoms with Crippen molar-refractivity contribution in [3.05, 3.63) is 0 Å². The van der Waals surface area contributed by atoms with Crippen molar-refractivity contribution in [2.24, 2.45) is 5.92 Å². The maximum atomic E-state index is 12.7. The molecule has 0 amide bonds. The Morgan fingerprint density at radius 2 is 0.904 bits per heavy atom. The molecule has 0 fully saturated rings. The molecule has 2 unspecified atom stereocenters. The van der Waals surface area contributed by atoms with Gasteiger partial charge in [-0.1, -0.05) is 164 Å². The minimum atomic E-state index is -0.503. The van der Waals surface area contributed by atoms with Gasteiger partial charge in [-0.3, -0.25) is 9.69 Å². The lowest BCUT2D eigenvalue weighted by Crippen LogP contribution is -2.37. The van der Waals surface area contributed by atoms with Crippen molar-refractivity contribution < 1.29 is 23.8 Å². The summed E-state index contributed by atoms with van der Waals surface area (Å²) >= 11 is 0. The van der Waals surface area contributed by atoms with Crippen molar-refractivity contribution in [1.29, 1.82) is 0 Å². The lowest BCUT2D eigenvalue weighted by atomic mass is 9.96. The highest BCUT2D eigenvalue weighted by Crippen LogP contribution is 2.20. The summed E-state index contributed by atoms with van der Waals surface area (Å²) in [7, 11) is 0. The van der Waals surface area contributed by atoms with Crippen LogP contribution in [0.4, 0.5) is 4.79 Å². The van der Waals surface area contributed by atoms with Gasteiger partial charge >= 0.3 is 12.1 Å². The van der Waals surface area contributed by atoms with E-state index < -0.39 is 6.16 Å². The molecular weight excluding hydrogens is 649 g/mol. The van der Waals surface area contributed by atoms with E-state index >= 15 is 0 Å². The van der Waals surface area contributed by atoms with Gasteiger partial charge < -0.3 is 19.1 Å². The first-order valence-corrected chi connectivity index (χ1v) is 22.9. The normalized spacial score (nSPS) is 12.8. The Bertz CT molecular complexity index is 762. The molecule has 0 radical (unpaired) electrons. The third kappa shape index (κ3) is 33.2. The quantitative estimate of drug-likeness (QED) is 0.0458. The average Bonchev–Trinajstić information content (AvgIpc) is 3.15. The van der Waals surface area contributed by atoms with E-state index in [0.717, 1.165) is 97.1 Å². The fourth-order valence-corrected chi connectivity index (χ4v) is 7.10. The predicted octanol–water partition coefficient (Wildman–Crippen LogP) is 12.9. The highest BCUT2D eigenvalue weighted by atomic mass is 16.7. The van der Waals surface area contributed by atoms with Crippen molar-refractivity contribution in [3.8, 4) is 0 Å². The maximum absolute atomic E-state index is 12.7. The van der Waals surface area contributed by atoms with Crippen LogP contribution in [0.3, 0.4) is 0 Å². The van der Waals surface area contributed by atoms with E-state index in [1.54, 1.807) is 0 Å². The van der Waals surface area contributed by atoms with E-state index in [1.165, 1.54) is 109 Å². The molecule has 0 N–H and O–H groups in total. The van der Waals surface area contributed by atoms with Gasteiger partial charge in [-0.2, -0.15) is 0 Å². The lowest BCUT2D eigenvalue weighted by molar-refractivity contribution is -0.145. The summed E-state index contributed by atoms with van der Waals surface area (Å²) < 4.78 is 17.2. The monoisotopic (exact) mass is 739 g/mol. The smallest absolute Gasteiger partial charge is 0.465 e. The van der Waals surface area contributed by atoms with Crippen LogP contribution in [0.15, 0.2) is 0 Å². The Kier molecular flexibility index (Phi) is 38.3. The van der Waals surface area contributed by atoms with Crippen LogP contribution in [-0.4, -0.2) is 80.5 Å². The van der Waals surface area contributed by atoms with Gasteiger partial charge in [-0.15, -0.1) is 0 Å². The number of hydrogen-bond acceptors (Lipinski definition) is 7. The number of esters is 1. The zero-order chi connectivity index (χ0) is 38.3. The molecule has 0 aromatic heterocycles. The Labute approximate surface area is 324 Å². The van der Waals surface area contributed by atoms with Gasteiger partial charge in [0, 0.05) is 26.1 Å². The number of carbonyl (C=O) groups excluding carboxylic acids is 2. The molecular formula is C45H90N2O5. The number of rotatable bonds is 40. The number of likely N-dealkylation sites (N-methyl/N-ethyl adjacent to an activating group) is 2. The molecule has 0 aromatic rings. The van der Waals surface area contributed by atoms with Gasteiger partial charge in [0.2, 0.25) is 0 Å². The Hall–Kier alpha value is -1.34. The SMILES string of the molecule is CCCCCCCCCCCCC(CCCCCCCCC(=O)OCC(CCCC)CCCCCC)OC(=O)OCCN(CC)CCN(CC)CC. The number of carbonyl (C=O) groups is 2. The van der Waals surface area contributed by atoms with Crippen LogP contribution in [0.2, 0.25) is 0 Å². The fourth-order valence-electron chi connectivity index (χ4n) is 7.10. The summed E-state index contributed by atoms with van der Waals surface area (Å²) in [5.41, 5.74) is 0. The maximum Gasteiger partial charge on any atom is 0.508 e. The highest BCUT2D eigenvalue weighted by Gasteiger charge is 2.17. The molecule has 7 nitrogen and oxygen atoms in total. The van der Waals surface area contributed by atoms with E-state index in [1.807, 2.05) is 0 Å². The van der Waals surface area contributed by atoms with Crippen LogP contribution in [0.5, 0.6) is 0 Å². The van der Waals surface area contributed by atoms with Crippen molar-refractivity contribution in [1.82, 2.24) is 9.80 Å². The molecule has 2 atom stereocenters. The minimum absolute atomic E-state index is 0.0176. The molecule has 310 valence electrons. The van der Waals surface area contributed by atoms with Crippen LogP contribution in [0.25, 0.3) is 0 Å². The van der Waals surface area contributed by atoms with Crippen LogP contribution in [-0.2, 0) is 19.0 Å². The first-order chi connectivity index (χ1) is 25.4. The second-order valence-corrected chi connectivity index (χ2v) is 15.5. The molecule has 0 saturated heterocycles. The highest BCUT2D eigenvalue weighted by molar-refractivity contribution is 5.69. The molecule has 0 bridgehead atoms. The second-order valence-electron chi connectivity index (χ2n) is 15.5. The molecule has 0 aromatic carbocycles. The van der Waals surface area contributed by atoms with Crippen LogP contribution in [0.1, 0.15) is 215 Å². The van der Waals surface area contributed by atoms with E-state index in [2.05, 4.69) is 51.3 Å². The third-order valence-electron chi connectivity index (χ3n) is 10.9. The van der Waals surface area contributed by atoms with Crippen molar-refractivity contribution in [3.63, 3.8) is 0 Å². The van der Waals surface area contributed by atoms with Gasteiger partial charge in [-0.25, -0.2) is 4.79 Å². The zero-order valence-corrected chi connectivity index (χ0v) is 35.8. The number of ether oxygens (including phenoxy) is 3. The van der Waals surface area contributed by atoms with Gasteiger partial charge in [0.15, 0.2) is 0 Å². The third-order valence-corrected chi connectivity index (χ3v) is 10.9. The van der Waals surface area contributed by atoms with Crippen LogP contribution in [0, 0.1) is 5.92 Å². The molecule has 0 saturated carbocycles. The van der Waals surface area contributed by atoms with Crippen LogP contribution >= 0.6 is 0 Å². The minimum Gasteiger partial charge on any atom is -0.465 e. The molecule has 0 rings (SSSR count). The summed E-state index contributed by atoms with van der Waals surface area (Å²) in [4.78, 5) is 29.9. The molecule has 0 heterocycles. The molecule has 0 aliphatic heterocycles. The van der Waals surface area contributed by atoms with Crippen molar-refractivity contribution in [2.45, 2.75) is 221 Å². The first-order valence-electron chi connectivity index (χ1n) is 22.9. The Morgan fingerprint density at radius 3 is 1.44 bits per heavy atom. The van der Waals surface area contributed by atoms with E-state index in [9.17, 15) is 9.59 Å². The van der Waals surface area contributed by atoms with Gasteiger partial charge in [0.25, 0.3) is 0 Å². The lowest BCUT2D eigenvalue weighted by Gasteiger charge is -2.25. The number of nitrogens with zero attached hydrogens (tertiary/aromatic N) is 2. The van der Waals surface area contributed by atoms with Gasteiger partial charge in [-0.05, 0) is 70.5 Å². The molecule has 0 aliphatic rings. The predicted molar refractivity (Wildman–Crippen MR) is 222 cm³/mol. The summed E-state index contributed by atoms with van der Waals surface area (Å²) in [5, 5.41) is 0. The molecule has 52 heavy (non-hydrogen) atoms. The van der Waals surface area contributed by atoms with E-state index in [0.29, 0.717) is 25.6 Å². The Morgan fingerprint density at radius 1 is 0.462 bits per heavy atom. The van der Waals surface area contributed by atoms with Gasteiger partial charge in [0.05, 0.1) is 6.61 Å². The van der Waals surface area contributed by atoms with E-state index in [4.69, 9.17) is 14.2 Å². The van der Waals surface area contributed by atoms with Crippen molar-refractivity contribution >= 4 is 12.1 Å². The molecule has 0 spiro atoms. The summed E-state index contributed by atoms with van der Waals surface area (Å²) in [6.45, 7) is 20.2. The molecule has 0 aliphatic carbocycles. The summed E-state index contributed by atoms with van der Waals surface area (Å²) in [6.07, 6.45) is 31.2. The van der Waals surface area contributed by atoms with E-state index in [-0.39, 0.29) is 12.1 Å². The second kappa shape index (κ2) is 39.4.